The molecule has 0 aliphatic rings. The number of halogens is 1. The van der Waals surface area contributed by atoms with E-state index in [9.17, 15) is 8.42 Å². The Morgan fingerprint density at radius 1 is 1.20 bits per heavy atom. The van der Waals surface area contributed by atoms with E-state index >= 15 is 0 Å². The Morgan fingerprint density at radius 3 is 2.80 bits per heavy atom. The maximum Gasteiger partial charge on any atom is 0.250 e. The average Bonchev–Trinajstić information content (AvgIpc) is 3.04. The van der Waals surface area contributed by atoms with Gasteiger partial charge in [-0.3, -0.25) is 0 Å². The third-order valence-corrected chi connectivity index (χ3v) is 6.02. The van der Waals surface area contributed by atoms with Crippen LogP contribution in [-0.2, 0) is 16.6 Å². The SMILES string of the molecule is O=S(=O)(NCc1ccc2[nH]ccc2c1)c1ccc(Cl)s1. The summed E-state index contributed by atoms with van der Waals surface area (Å²) in [6.07, 6.45) is 1.85. The lowest BCUT2D eigenvalue weighted by Crippen LogP contribution is -2.22. The van der Waals surface area contributed by atoms with Gasteiger partial charge in [-0.05, 0) is 41.3 Å². The second-order valence-electron chi connectivity index (χ2n) is 4.28. The summed E-state index contributed by atoms with van der Waals surface area (Å²) in [5.74, 6) is 0. The second kappa shape index (κ2) is 5.21. The Morgan fingerprint density at radius 2 is 2.05 bits per heavy atom. The summed E-state index contributed by atoms with van der Waals surface area (Å²) in [5, 5.41) is 1.06. The highest BCUT2D eigenvalue weighted by atomic mass is 35.5. The van der Waals surface area contributed by atoms with Crippen LogP contribution in [0.25, 0.3) is 10.9 Å². The second-order valence-corrected chi connectivity index (χ2v) is 7.99. The Bertz CT molecular complexity index is 852. The van der Waals surface area contributed by atoms with Gasteiger partial charge in [0, 0.05) is 18.3 Å². The number of thiophene rings is 1. The first-order valence-corrected chi connectivity index (χ1v) is 8.53. The monoisotopic (exact) mass is 326 g/mol. The zero-order valence-electron chi connectivity index (χ0n) is 10.3. The molecule has 2 aromatic heterocycles. The van der Waals surface area contributed by atoms with Gasteiger partial charge in [-0.2, -0.15) is 0 Å². The molecule has 0 amide bonds. The van der Waals surface area contributed by atoms with Gasteiger partial charge < -0.3 is 4.98 Å². The molecule has 7 heteroatoms. The number of aromatic nitrogens is 1. The molecular formula is C13H11ClN2O2S2. The number of sulfonamides is 1. The lowest BCUT2D eigenvalue weighted by atomic mass is 10.1. The van der Waals surface area contributed by atoms with E-state index in [2.05, 4.69) is 9.71 Å². The Kier molecular flexibility index (Phi) is 3.55. The fourth-order valence-corrected chi connectivity index (χ4v) is 4.45. The third-order valence-electron chi connectivity index (χ3n) is 2.90. The summed E-state index contributed by atoms with van der Waals surface area (Å²) < 4.78 is 27.4. The van der Waals surface area contributed by atoms with E-state index in [0.29, 0.717) is 4.34 Å². The minimum atomic E-state index is -3.50. The summed E-state index contributed by atoms with van der Waals surface area (Å²) in [6, 6.07) is 10.8. The number of benzene rings is 1. The van der Waals surface area contributed by atoms with E-state index in [1.54, 1.807) is 6.07 Å². The van der Waals surface area contributed by atoms with Crippen LogP contribution in [0.3, 0.4) is 0 Å². The van der Waals surface area contributed by atoms with Gasteiger partial charge in [0.25, 0.3) is 0 Å². The Hall–Kier alpha value is -1.34. The van der Waals surface area contributed by atoms with Crippen LogP contribution < -0.4 is 4.72 Å². The average molecular weight is 327 g/mol. The fraction of sp³-hybridized carbons (Fsp3) is 0.0769. The van der Waals surface area contributed by atoms with Crippen molar-refractivity contribution in [2.45, 2.75) is 10.8 Å². The lowest BCUT2D eigenvalue weighted by Gasteiger charge is -2.05. The van der Waals surface area contributed by atoms with Gasteiger partial charge in [0.05, 0.1) is 4.34 Å². The fourth-order valence-electron chi connectivity index (χ4n) is 1.90. The van der Waals surface area contributed by atoms with E-state index in [1.807, 2.05) is 30.5 Å². The van der Waals surface area contributed by atoms with Crippen molar-refractivity contribution in [3.8, 4) is 0 Å². The largest absolute Gasteiger partial charge is 0.361 e. The number of hydrogen-bond donors (Lipinski definition) is 2. The van der Waals surface area contributed by atoms with Crippen molar-refractivity contribution in [1.29, 1.82) is 0 Å². The first-order valence-electron chi connectivity index (χ1n) is 5.86. The van der Waals surface area contributed by atoms with Crippen molar-refractivity contribution < 1.29 is 8.42 Å². The molecule has 2 heterocycles. The van der Waals surface area contributed by atoms with Gasteiger partial charge in [-0.25, -0.2) is 13.1 Å². The molecule has 0 aliphatic carbocycles. The van der Waals surface area contributed by atoms with E-state index < -0.39 is 10.0 Å². The third kappa shape index (κ3) is 2.73. The molecule has 0 radical (unpaired) electrons. The number of aromatic amines is 1. The molecule has 3 rings (SSSR count). The predicted molar refractivity (Wildman–Crippen MR) is 81.7 cm³/mol. The maximum absolute atomic E-state index is 12.1. The Balaban J connectivity index is 1.78. The van der Waals surface area contributed by atoms with E-state index in [0.717, 1.165) is 27.8 Å². The van der Waals surface area contributed by atoms with Crippen molar-refractivity contribution in [2.75, 3.05) is 0 Å². The number of fused-ring (bicyclic) bond motifs is 1. The standard InChI is InChI=1S/C13H11ClN2O2S2/c14-12-3-4-13(19-12)20(17,18)16-8-9-1-2-11-10(7-9)5-6-15-11/h1-7,15-16H,8H2. The zero-order valence-corrected chi connectivity index (χ0v) is 12.6. The van der Waals surface area contributed by atoms with Crippen LogP contribution in [0.2, 0.25) is 4.34 Å². The molecule has 0 spiro atoms. The number of rotatable bonds is 4. The molecule has 0 saturated heterocycles. The molecule has 0 saturated carbocycles. The summed E-state index contributed by atoms with van der Waals surface area (Å²) >= 11 is 6.80. The minimum absolute atomic E-state index is 0.227. The first kappa shape index (κ1) is 13.6. The molecule has 4 nitrogen and oxygen atoms in total. The highest BCUT2D eigenvalue weighted by molar-refractivity contribution is 7.91. The van der Waals surface area contributed by atoms with Crippen LogP contribution >= 0.6 is 22.9 Å². The normalized spacial score (nSPS) is 12.1. The molecule has 0 fully saturated rings. The topological polar surface area (TPSA) is 62.0 Å². The van der Waals surface area contributed by atoms with Crippen LogP contribution in [0.1, 0.15) is 5.56 Å². The van der Waals surface area contributed by atoms with Gasteiger partial charge in [0.1, 0.15) is 4.21 Å². The number of hydrogen-bond acceptors (Lipinski definition) is 3. The van der Waals surface area contributed by atoms with Crippen molar-refractivity contribution in [1.82, 2.24) is 9.71 Å². The van der Waals surface area contributed by atoms with E-state index in [1.165, 1.54) is 6.07 Å². The summed E-state index contributed by atoms with van der Waals surface area (Å²) in [7, 11) is -3.50. The zero-order chi connectivity index (χ0) is 14.2. The van der Waals surface area contributed by atoms with Crippen LogP contribution in [0.4, 0.5) is 0 Å². The maximum atomic E-state index is 12.1. The van der Waals surface area contributed by atoms with E-state index in [4.69, 9.17) is 11.6 Å². The van der Waals surface area contributed by atoms with Crippen LogP contribution in [0, 0.1) is 0 Å². The van der Waals surface area contributed by atoms with Crippen molar-refractivity contribution in [2.24, 2.45) is 0 Å². The molecule has 104 valence electrons. The Labute approximate surface area is 125 Å². The van der Waals surface area contributed by atoms with Crippen molar-refractivity contribution >= 4 is 43.9 Å². The smallest absolute Gasteiger partial charge is 0.250 e. The van der Waals surface area contributed by atoms with Gasteiger partial charge in [-0.1, -0.05) is 17.7 Å². The van der Waals surface area contributed by atoms with Gasteiger partial charge >= 0.3 is 0 Å². The molecular weight excluding hydrogens is 316 g/mol. The summed E-state index contributed by atoms with van der Waals surface area (Å²) in [5.41, 5.74) is 1.94. The van der Waals surface area contributed by atoms with Crippen LogP contribution in [-0.4, -0.2) is 13.4 Å². The van der Waals surface area contributed by atoms with Crippen molar-refractivity contribution in [3.63, 3.8) is 0 Å². The first-order chi connectivity index (χ1) is 9.54. The highest BCUT2D eigenvalue weighted by Gasteiger charge is 2.16. The van der Waals surface area contributed by atoms with Gasteiger partial charge in [-0.15, -0.1) is 11.3 Å². The molecule has 0 aliphatic heterocycles. The summed E-state index contributed by atoms with van der Waals surface area (Å²) in [6.45, 7) is 0.249. The quantitative estimate of drug-likeness (QED) is 0.772. The molecule has 3 aromatic rings. The molecule has 0 bridgehead atoms. The predicted octanol–water partition coefficient (Wildman–Crippen LogP) is 3.36. The van der Waals surface area contributed by atoms with Crippen LogP contribution in [0.15, 0.2) is 46.8 Å². The lowest BCUT2D eigenvalue weighted by molar-refractivity contribution is 0.583. The van der Waals surface area contributed by atoms with Crippen molar-refractivity contribution in [3.05, 3.63) is 52.5 Å². The highest BCUT2D eigenvalue weighted by Crippen LogP contribution is 2.25. The molecule has 2 N–H and O–H groups in total. The van der Waals surface area contributed by atoms with Gasteiger partial charge in [0.15, 0.2) is 0 Å². The molecule has 0 unspecified atom stereocenters. The molecule has 20 heavy (non-hydrogen) atoms. The molecule has 0 atom stereocenters. The summed E-state index contributed by atoms with van der Waals surface area (Å²) in [4.78, 5) is 3.10. The minimum Gasteiger partial charge on any atom is -0.361 e. The molecule has 1 aromatic carbocycles. The number of nitrogens with one attached hydrogen (secondary N) is 2. The van der Waals surface area contributed by atoms with Gasteiger partial charge in [0.2, 0.25) is 10.0 Å². The van der Waals surface area contributed by atoms with E-state index in [-0.39, 0.29) is 10.8 Å². The van der Waals surface area contributed by atoms with Crippen LogP contribution in [0.5, 0.6) is 0 Å². The number of H-pyrrole nitrogens is 1.